The van der Waals surface area contributed by atoms with Crippen LogP contribution in [0.5, 0.6) is 17.2 Å². The Morgan fingerprint density at radius 1 is 1.21 bits per heavy atom. The van der Waals surface area contributed by atoms with Crippen LogP contribution >= 0.6 is 12.0 Å². The molecule has 0 amide bonds. The van der Waals surface area contributed by atoms with Gasteiger partial charge in [-0.25, -0.2) is 0 Å². The fourth-order valence-corrected chi connectivity index (χ4v) is 1.65. The fraction of sp³-hybridized carbons (Fsp3) is 0.400. The molecule has 2 N–H and O–H groups in total. The first-order valence-electron chi connectivity index (χ1n) is 4.55. The minimum absolute atomic E-state index is 0.0103. The molecule has 1 aromatic rings. The van der Waals surface area contributed by atoms with E-state index in [1.54, 1.807) is 0 Å². The van der Waals surface area contributed by atoms with Gasteiger partial charge in [-0.2, -0.15) is 0 Å². The molecule has 78 valence electrons. The predicted octanol–water partition coefficient (Wildman–Crippen LogP) is 2.92. The summed E-state index contributed by atoms with van der Waals surface area (Å²) in [4.78, 5) is 0. The zero-order valence-electron chi connectivity index (χ0n) is 8.06. The highest BCUT2D eigenvalue weighted by Crippen LogP contribution is 2.27. The number of rotatable bonds is 5. The Bertz CT molecular complexity index is 268. The molecule has 0 aliphatic heterocycles. The van der Waals surface area contributed by atoms with Crippen molar-refractivity contribution in [2.45, 2.75) is 19.8 Å². The molecule has 0 saturated carbocycles. The molecule has 14 heavy (non-hydrogen) atoms. The molecule has 4 heteroatoms. The standard InChI is InChI=1S/C10H14O3S/c1-2-3-4-14-13-10-6-8(11)5-9(12)7-10/h5-7,11-12H,2-4H2,1H3. The number of benzene rings is 1. The minimum atomic E-state index is 0.0103. The SMILES string of the molecule is CCCCSOc1cc(O)cc(O)c1. The predicted molar refractivity (Wildman–Crippen MR) is 57.8 cm³/mol. The Kier molecular flexibility index (Phi) is 4.46. The van der Waals surface area contributed by atoms with Crippen molar-refractivity contribution in [2.75, 3.05) is 5.75 Å². The highest BCUT2D eigenvalue weighted by atomic mass is 32.2. The van der Waals surface area contributed by atoms with Gasteiger partial charge in [0.15, 0.2) is 0 Å². The van der Waals surface area contributed by atoms with Crippen LogP contribution in [-0.4, -0.2) is 16.0 Å². The molecule has 0 atom stereocenters. The van der Waals surface area contributed by atoms with Crippen molar-refractivity contribution in [2.24, 2.45) is 0 Å². The third kappa shape index (κ3) is 3.79. The van der Waals surface area contributed by atoms with Crippen molar-refractivity contribution < 1.29 is 14.4 Å². The molecule has 0 bridgehead atoms. The highest BCUT2D eigenvalue weighted by molar-refractivity contribution is 7.95. The molecular formula is C10H14O3S. The van der Waals surface area contributed by atoms with Crippen molar-refractivity contribution in [1.29, 1.82) is 0 Å². The van der Waals surface area contributed by atoms with Gasteiger partial charge in [-0.3, -0.25) is 0 Å². The second kappa shape index (κ2) is 5.65. The molecule has 0 aliphatic rings. The van der Waals surface area contributed by atoms with Gasteiger partial charge >= 0.3 is 0 Å². The number of unbranched alkanes of at least 4 members (excludes halogenated alkanes) is 1. The summed E-state index contributed by atoms with van der Waals surface area (Å²) < 4.78 is 5.27. The molecular weight excluding hydrogens is 200 g/mol. The highest BCUT2D eigenvalue weighted by Gasteiger charge is 2.00. The summed E-state index contributed by atoms with van der Waals surface area (Å²) in [5.74, 6) is 1.41. The van der Waals surface area contributed by atoms with E-state index in [1.807, 2.05) is 0 Å². The summed E-state index contributed by atoms with van der Waals surface area (Å²) in [5, 5.41) is 18.3. The van der Waals surface area contributed by atoms with Crippen molar-refractivity contribution in [3.8, 4) is 17.2 Å². The Hall–Kier alpha value is -1.03. The lowest BCUT2D eigenvalue weighted by Crippen LogP contribution is -1.85. The molecule has 3 nitrogen and oxygen atoms in total. The number of aromatic hydroxyl groups is 2. The molecule has 0 radical (unpaired) electrons. The van der Waals surface area contributed by atoms with Crippen LogP contribution in [0.4, 0.5) is 0 Å². The molecule has 0 aromatic heterocycles. The van der Waals surface area contributed by atoms with Crippen LogP contribution in [-0.2, 0) is 0 Å². The maximum absolute atomic E-state index is 9.15. The van der Waals surface area contributed by atoms with Crippen molar-refractivity contribution in [3.05, 3.63) is 18.2 Å². The van der Waals surface area contributed by atoms with E-state index in [0.29, 0.717) is 5.75 Å². The maximum Gasteiger partial charge on any atom is 0.144 e. The van der Waals surface area contributed by atoms with E-state index in [9.17, 15) is 0 Å². The molecule has 1 rings (SSSR count). The first-order valence-corrected chi connectivity index (χ1v) is 5.46. The average Bonchev–Trinajstić information content (AvgIpc) is 2.11. The zero-order valence-corrected chi connectivity index (χ0v) is 8.88. The molecule has 0 spiro atoms. The van der Waals surface area contributed by atoms with E-state index in [4.69, 9.17) is 14.4 Å². The van der Waals surface area contributed by atoms with Gasteiger partial charge in [0.05, 0.1) is 12.0 Å². The molecule has 0 fully saturated rings. The van der Waals surface area contributed by atoms with Gasteiger partial charge < -0.3 is 14.4 Å². The second-order valence-electron chi connectivity index (χ2n) is 2.94. The Morgan fingerprint density at radius 3 is 2.43 bits per heavy atom. The van der Waals surface area contributed by atoms with Crippen molar-refractivity contribution in [1.82, 2.24) is 0 Å². The van der Waals surface area contributed by atoms with Gasteiger partial charge in [-0.1, -0.05) is 13.3 Å². The topological polar surface area (TPSA) is 49.7 Å². The van der Waals surface area contributed by atoms with Crippen LogP contribution in [0.3, 0.4) is 0 Å². The van der Waals surface area contributed by atoms with E-state index in [0.717, 1.165) is 18.6 Å². The summed E-state index contributed by atoms with van der Waals surface area (Å²) >= 11 is 1.33. The van der Waals surface area contributed by atoms with Crippen molar-refractivity contribution in [3.63, 3.8) is 0 Å². The first-order chi connectivity index (χ1) is 6.72. The smallest absolute Gasteiger partial charge is 0.144 e. The third-order valence-corrected chi connectivity index (χ3v) is 2.38. The molecule has 0 saturated heterocycles. The Morgan fingerprint density at radius 2 is 1.86 bits per heavy atom. The van der Waals surface area contributed by atoms with E-state index in [1.165, 1.54) is 30.2 Å². The number of hydrogen-bond acceptors (Lipinski definition) is 4. The average molecular weight is 214 g/mol. The number of phenols is 2. The van der Waals surface area contributed by atoms with E-state index in [-0.39, 0.29) is 11.5 Å². The lowest BCUT2D eigenvalue weighted by Gasteiger charge is -2.04. The largest absolute Gasteiger partial charge is 0.508 e. The Balaban J connectivity index is 2.42. The third-order valence-electron chi connectivity index (χ3n) is 1.61. The first kappa shape index (κ1) is 11.0. The zero-order chi connectivity index (χ0) is 10.4. The van der Waals surface area contributed by atoms with Crippen LogP contribution in [0.2, 0.25) is 0 Å². The summed E-state index contributed by atoms with van der Waals surface area (Å²) in [6, 6.07) is 4.21. The molecule has 1 aromatic carbocycles. The van der Waals surface area contributed by atoms with Crippen LogP contribution < -0.4 is 4.18 Å². The van der Waals surface area contributed by atoms with E-state index >= 15 is 0 Å². The van der Waals surface area contributed by atoms with Gasteiger partial charge in [-0.05, 0) is 6.42 Å². The van der Waals surface area contributed by atoms with Crippen LogP contribution in [0.15, 0.2) is 18.2 Å². The summed E-state index contributed by atoms with van der Waals surface area (Å²) in [5.41, 5.74) is 0. The molecule has 0 aliphatic carbocycles. The van der Waals surface area contributed by atoms with E-state index < -0.39 is 0 Å². The lowest BCUT2D eigenvalue weighted by atomic mass is 10.3. The van der Waals surface area contributed by atoms with Gasteiger partial charge in [-0.15, -0.1) is 0 Å². The van der Waals surface area contributed by atoms with Crippen LogP contribution in [0, 0.1) is 0 Å². The fourth-order valence-electron chi connectivity index (χ4n) is 0.929. The number of hydrogen-bond donors (Lipinski definition) is 2. The summed E-state index contributed by atoms with van der Waals surface area (Å²) in [7, 11) is 0. The van der Waals surface area contributed by atoms with E-state index in [2.05, 4.69) is 6.92 Å². The summed E-state index contributed by atoms with van der Waals surface area (Å²) in [6.07, 6.45) is 2.22. The maximum atomic E-state index is 9.15. The van der Waals surface area contributed by atoms with Gasteiger partial charge in [0.2, 0.25) is 0 Å². The number of phenolic OH excluding ortho intramolecular Hbond substituents is 2. The summed E-state index contributed by atoms with van der Waals surface area (Å²) in [6.45, 7) is 2.11. The second-order valence-corrected chi connectivity index (χ2v) is 3.75. The van der Waals surface area contributed by atoms with Crippen LogP contribution in [0.25, 0.3) is 0 Å². The van der Waals surface area contributed by atoms with Crippen LogP contribution in [0.1, 0.15) is 19.8 Å². The minimum Gasteiger partial charge on any atom is -0.508 e. The monoisotopic (exact) mass is 214 g/mol. The quantitative estimate of drug-likeness (QED) is 0.584. The Labute approximate surface area is 87.9 Å². The van der Waals surface area contributed by atoms with Gasteiger partial charge in [0.25, 0.3) is 0 Å². The normalized spacial score (nSPS) is 10.1. The van der Waals surface area contributed by atoms with Gasteiger partial charge in [0, 0.05) is 24.0 Å². The van der Waals surface area contributed by atoms with Gasteiger partial charge in [0.1, 0.15) is 17.2 Å². The van der Waals surface area contributed by atoms with Crippen molar-refractivity contribution >= 4 is 12.0 Å². The molecule has 0 heterocycles. The molecule has 0 unspecified atom stereocenters. The lowest BCUT2D eigenvalue weighted by molar-refractivity contribution is 0.446.